The van der Waals surface area contributed by atoms with Gasteiger partial charge < -0.3 is 15.3 Å². The Hall–Kier alpha value is -0.900. The molecule has 1 aromatic rings. The van der Waals surface area contributed by atoms with Crippen molar-refractivity contribution >= 4 is 0 Å². The van der Waals surface area contributed by atoms with E-state index in [1.807, 2.05) is 0 Å². The molecule has 1 aromatic carbocycles. The Morgan fingerprint density at radius 2 is 1.81 bits per heavy atom. The lowest BCUT2D eigenvalue weighted by Crippen LogP contribution is -2.46. The lowest BCUT2D eigenvalue weighted by Gasteiger charge is -2.50. The first-order valence-electron chi connectivity index (χ1n) is 8.16. The van der Waals surface area contributed by atoms with Crippen LogP contribution in [0.1, 0.15) is 43.2 Å². The van der Waals surface area contributed by atoms with Gasteiger partial charge in [-0.1, -0.05) is 31.2 Å². The molecule has 0 radical (unpaired) electrons. The van der Waals surface area contributed by atoms with Gasteiger partial charge in [0.25, 0.3) is 0 Å². The van der Waals surface area contributed by atoms with Gasteiger partial charge in [0.2, 0.25) is 0 Å². The van der Waals surface area contributed by atoms with Crippen molar-refractivity contribution < 1.29 is 15.3 Å². The van der Waals surface area contributed by atoms with Gasteiger partial charge in [-0.25, -0.2) is 0 Å². The summed E-state index contributed by atoms with van der Waals surface area (Å²) in [5.74, 6) is 0.857. The molecule has 21 heavy (non-hydrogen) atoms. The molecule has 3 aliphatic carbocycles. The van der Waals surface area contributed by atoms with Gasteiger partial charge in [0.1, 0.15) is 6.10 Å². The van der Waals surface area contributed by atoms with E-state index in [2.05, 4.69) is 31.2 Å². The predicted octanol–water partition coefficient (Wildman–Crippen LogP) is 1.85. The summed E-state index contributed by atoms with van der Waals surface area (Å²) in [5, 5.41) is 31.1. The third-order valence-electron chi connectivity index (χ3n) is 6.65. The molecule has 0 unspecified atom stereocenters. The first-order chi connectivity index (χ1) is 10.0. The summed E-state index contributed by atoms with van der Waals surface area (Å²) in [6.07, 6.45) is 1.45. The monoisotopic (exact) mass is 288 g/mol. The summed E-state index contributed by atoms with van der Waals surface area (Å²) in [5.41, 5.74) is 2.53. The molecule has 3 heteroatoms. The number of fused-ring (bicyclic) bond motifs is 5. The summed E-state index contributed by atoms with van der Waals surface area (Å²) in [6, 6.07) is 8.64. The van der Waals surface area contributed by atoms with Crippen molar-refractivity contribution in [3.8, 4) is 0 Å². The van der Waals surface area contributed by atoms with Crippen molar-refractivity contribution in [1.29, 1.82) is 0 Å². The highest BCUT2D eigenvalue weighted by molar-refractivity contribution is 5.35. The normalized spacial score (nSPS) is 48.4. The van der Waals surface area contributed by atoms with Crippen LogP contribution in [0.5, 0.6) is 0 Å². The summed E-state index contributed by atoms with van der Waals surface area (Å²) >= 11 is 0. The molecule has 0 heterocycles. The van der Waals surface area contributed by atoms with Crippen LogP contribution in [0.25, 0.3) is 0 Å². The standard InChI is InChI=1S/C18H24O3/c1-18-9-8-12-11-5-3-2-4-10(11)6-7-13(12)14(18)15(19)16(20)17(18)21/h2-5,12-17,19-21H,6-9H2,1H3/t12-,13-,14-,15-,16-,17+,18+/m1/s1. The van der Waals surface area contributed by atoms with Gasteiger partial charge in [-0.15, -0.1) is 0 Å². The number of hydrogen-bond donors (Lipinski definition) is 3. The lowest BCUT2D eigenvalue weighted by molar-refractivity contribution is -0.0505. The van der Waals surface area contributed by atoms with Crippen LogP contribution in [0.15, 0.2) is 24.3 Å². The van der Waals surface area contributed by atoms with Crippen LogP contribution in [0, 0.1) is 17.3 Å². The highest BCUT2D eigenvalue weighted by atomic mass is 16.4. The molecular formula is C18H24O3. The topological polar surface area (TPSA) is 60.7 Å². The summed E-state index contributed by atoms with van der Waals surface area (Å²) in [4.78, 5) is 0. The van der Waals surface area contributed by atoms with Crippen LogP contribution < -0.4 is 0 Å². The summed E-state index contributed by atoms with van der Waals surface area (Å²) in [6.45, 7) is 2.05. The Morgan fingerprint density at radius 3 is 2.62 bits per heavy atom. The first kappa shape index (κ1) is 13.7. The fourth-order valence-electron chi connectivity index (χ4n) is 5.58. The maximum atomic E-state index is 10.5. The quantitative estimate of drug-likeness (QED) is 0.683. The minimum Gasteiger partial charge on any atom is -0.390 e. The third kappa shape index (κ3) is 1.71. The molecule has 0 aromatic heterocycles. The predicted molar refractivity (Wildman–Crippen MR) is 79.8 cm³/mol. The number of aliphatic hydroxyl groups excluding tert-OH is 3. The Labute approximate surface area is 125 Å². The molecule has 0 saturated heterocycles. The maximum absolute atomic E-state index is 10.5. The van der Waals surface area contributed by atoms with Gasteiger partial charge in [-0.05, 0) is 54.6 Å². The van der Waals surface area contributed by atoms with Crippen molar-refractivity contribution in [2.24, 2.45) is 17.3 Å². The zero-order valence-electron chi connectivity index (χ0n) is 12.4. The minimum atomic E-state index is -0.990. The van der Waals surface area contributed by atoms with Gasteiger partial charge in [-0.3, -0.25) is 0 Å². The molecule has 0 aliphatic heterocycles. The fourth-order valence-corrected chi connectivity index (χ4v) is 5.58. The molecule has 0 spiro atoms. The molecular weight excluding hydrogens is 264 g/mol. The van der Waals surface area contributed by atoms with E-state index in [1.165, 1.54) is 11.1 Å². The van der Waals surface area contributed by atoms with Crippen molar-refractivity contribution in [1.82, 2.24) is 0 Å². The zero-order valence-corrected chi connectivity index (χ0v) is 12.4. The second-order valence-corrected chi connectivity index (χ2v) is 7.50. The molecule has 2 saturated carbocycles. The maximum Gasteiger partial charge on any atom is 0.107 e. The molecule has 3 N–H and O–H groups in total. The van der Waals surface area contributed by atoms with Crippen LogP contribution in [0.3, 0.4) is 0 Å². The number of aryl methyl sites for hydroxylation is 1. The molecule has 0 amide bonds. The molecule has 0 bridgehead atoms. The highest BCUT2D eigenvalue weighted by Gasteiger charge is 2.62. The fraction of sp³-hybridized carbons (Fsp3) is 0.667. The van der Waals surface area contributed by atoms with E-state index >= 15 is 0 Å². The second-order valence-electron chi connectivity index (χ2n) is 7.50. The van der Waals surface area contributed by atoms with E-state index in [9.17, 15) is 15.3 Å². The van der Waals surface area contributed by atoms with E-state index in [0.717, 1.165) is 25.7 Å². The van der Waals surface area contributed by atoms with Crippen molar-refractivity contribution in [2.75, 3.05) is 0 Å². The molecule has 3 nitrogen and oxygen atoms in total. The molecule has 7 atom stereocenters. The van der Waals surface area contributed by atoms with Crippen LogP contribution >= 0.6 is 0 Å². The average molecular weight is 288 g/mol. The van der Waals surface area contributed by atoms with Gasteiger partial charge in [0.15, 0.2) is 0 Å². The third-order valence-corrected chi connectivity index (χ3v) is 6.65. The average Bonchev–Trinajstić information content (AvgIpc) is 2.68. The SMILES string of the molecule is C[C@]12CC[C@@H]3c4ccccc4CC[C@H]3[C@@H]1[C@@H](O)[C@@H](O)[C@@H]2O. The van der Waals surface area contributed by atoms with E-state index in [0.29, 0.717) is 11.8 Å². The number of aliphatic hydroxyl groups is 3. The summed E-state index contributed by atoms with van der Waals surface area (Å²) in [7, 11) is 0. The summed E-state index contributed by atoms with van der Waals surface area (Å²) < 4.78 is 0. The Bertz CT molecular complexity index is 557. The van der Waals surface area contributed by atoms with Gasteiger partial charge in [0, 0.05) is 5.41 Å². The molecule has 114 valence electrons. The molecule has 4 rings (SSSR count). The van der Waals surface area contributed by atoms with Crippen LogP contribution in [-0.2, 0) is 6.42 Å². The van der Waals surface area contributed by atoms with Crippen molar-refractivity contribution in [3.63, 3.8) is 0 Å². The van der Waals surface area contributed by atoms with Gasteiger partial charge in [-0.2, -0.15) is 0 Å². The van der Waals surface area contributed by atoms with E-state index in [-0.39, 0.29) is 11.3 Å². The lowest BCUT2D eigenvalue weighted by atomic mass is 9.55. The number of rotatable bonds is 0. The smallest absolute Gasteiger partial charge is 0.107 e. The Balaban J connectivity index is 1.75. The van der Waals surface area contributed by atoms with Crippen molar-refractivity contribution in [3.05, 3.63) is 35.4 Å². The van der Waals surface area contributed by atoms with Crippen molar-refractivity contribution in [2.45, 2.75) is 56.8 Å². The second kappa shape index (κ2) is 4.55. The highest BCUT2D eigenvalue weighted by Crippen LogP contribution is 2.60. The number of benzene rings is 1. The zero-order chi connectivity index (χ0) is 14.8. The largest absolute Gasteiger partial charge is 0.390 e. The van der Waals surface area contributed by atoms with Crippen LogP contribution in [0.2, 0.25) is 0 Å². The van der Waals surface area contributed by atoms with Crippen LogP contribution in [-0.4, -0.2) is 33.6 Å². The number of hydrogen-bond acceptors (Lipinski definition) is 3. The minimum absolute atomic E-state index is 0.00889. The van der Waals surface area contributed by atoms with Crippen LogP contribution in [0.4, 0.5) is 0 Å². The van der Waals surface area contributed by atoms with Gasteiger partial charge >= 0.3 is 0 Å². The van der Waals surface area contributed by atoms with Gasteiger partial charge in [0.05, 0.1) is 12.2 Å². The Morgan fingerprint density at radius 1 is 1.05 bits per heavy atom. The van der Waals surface area contributed by atoms with E-state index in [1.54, 1.807) is 0 Å². The van der Waals surface area contributed by atoms with E-state index in [4.69, 9.17) is 0 Å². The molecule has 2 fully saturated rings. The first-order valence-corrected chi connectivity index (χ1v) is 8.16. The Kier molecular flexibility index (Phi) is 2.97. The van der Waals surface area contributed by atoms with E-state index < -0.39 is 18.3 Å². The molecule has 3 aliphatic rings.